The maximum Gasteiger partial charge on any atom is 0.254 e. The van der Waals surface area contributed by atoms with Gasteiger partial charge < -0.3 is 5.32 Å². The lowest BCUT2D eigenvalue weighted by Gasteiger charge is -2.08. The van der Waals surface area contributed by atoms with Crippen molar-refractivity contribution in [1.29, 1.82) is 0 Å². The van der Waals surface area contributed by atoms with Crippen molar-refractivity contribution < 1.29 is 13.6 Å². The molecule has 1 amide bonds. The molecule has 2 aromatic rings. The van der Waals surface area contributed by atoms with Gasteiger partial charge in [-0.3, -0.25) is 4.79 Å². The molecule has 2 rings (SSSR count). The van der Waals surface area contributed by atoms with E-state index in [0.29, 0.717) is 10.0 Å². The van der Waals surface area contributed by atoms with Crippen LogP contribution in [0.2, 0.25) is 0 Å². The molecule has 0 aliphatic carbocycles. The standard InChI is InChI=1S/C14H9Br2F2NO/c15-11-5-4-9(17)6-8(11)7-19-14(20)10-2-1-3-12(16)13(10)18/h1-6H,7H2,(H,19,20). The molecule has 0 aliphatic rings. The molecule has 0 unspecified atom stereocenters. The molecule has 0 atom stereocenters. The van der Waals surface area contributed by atoms with Crippen LogP contribution < -0.4 is 5.32 Å². The normalized spacial score (nSPS) is 10.4. The minimum atomic E-state index is -0.622. The second-order valence-electron chi connectivity index (χ2n) is 4.02. The fourth-order valence-electron chi connectivity index (χ4n) is 1.63. The maximum atomic E-state index is 13.7. The lowest BCUT2D eigenvalue weighted by molar-refractivity contribution is 0.0946. The first-order chi connectivity index (χ1) is 9.49. The highest BCUT2D eigenvalue weighted by molar-refractivity contribution is 9.10. The van der Waals surface area contributed by atoms with Crippen LogP contribution in [0.15, 0.2) is 45.3 Å². The van der Waals surface area contributed by atoms with Crippen molar-refractivity contribution in [3.05, 3.63) is 68.1 Å². The number of carbonyl (C=O) groups is 1. The lowest BCUT2D eigenvalue weighted by atomic mass is 10.2. The summed E-state index contributed by atoms with van der Waals surface area (Å²) in [7, 11) is 0. The molecule has 0 saturated carbocycles. The number of nitrogens with one attached hydrogen (secondary N) is 1. The molecule has 0 aromatic heterocycles. The smallest absolute Gasteiger partial charge is 0.254 e. The van der Waals surface area contributed by atoms with Gasteiger partial charge in [-0.2, -0.15) is 0 Å². The van der Waals surface area contributed by atoms with Crippen molar-refractivity contribution >= 4 is 37.8 Å². The number of carbonyl (C=O) groups excluding carboxylic acids is 1. The van der Waals surface area contributed by atoms with E-state index in [0.717, 1.165) is 0 Å². The zero-order valence-electron chi connectivity index (χ0n) is 10.1. The fraction of sp³-hybridized carbons (Fsp3) is 0.0714. The molecule has 0 bridgehead atoms. The van der Waals surface area contributed by atoms with Gasteiger partial charge in [-0.15, -0.1) is 0 Å². The molecular formula is C14H9Br2F2NO. The summed E-state index contributed by atoms with van der Waals surface area (Å²) in [4.78, 5) is 11.9. The van der Waals surface area contributed by atoms with Gasteiger partial charge in [-0.1, -0.05) is 22.0 Å². The summed E-state index contributed by atoms with van der Waals surface area (Å²) >= 11 is 6.28. The van der Waals surface area contributed by atoms with Crippen molar-refractivity contribution in [3.8, 4) is 0 Å². The fourth-order valence-corrected chi connectivity index (χ4v) is 2.38. The van der Waals surface area contributed by atoms with Crippen LogP contribution >= 0.6 is 31.9 Å². The van der Waals surface area contributed by atoms with Crippen LogP contribution in [0.3, 0.4) is 0 Å². The Kier molecular flexibility index (Phi) is 4.88. The SMILES string of the molecule is O=C(NCc1cc(F)ccc1Br)c1cccc(Br)c1F. The van der Waals surface area contributed by atoms with E-state index in [1.54, 1.807) is 12.1 Å². The summed E-state index contributed by atoms with van der Waals surface area (Å²) in [6, 6.07) is 8.63. The second-order valence-corrected chi connectivity index (χ2v) is 5.73. The van der Waals surface area contributed by atoms with Crippen LogP contribution in [0.1, 0.15) is 15.9 Å². The van der Waals surface area contributed by atoms with Gasteiger partial charge in [0.15, 0.2) is 0 Å². The summed E-state index contributed by atoms with van der Waals surface area (Å²) in [5.74, 6) is -1.57. The molecule has 0 fully saturated rings. The molecular weight excluding hydrogens is 396 g/mol. The topological polar surface area (TPSA) is 29.1 Å². The number of amides is 1. The summed E-state index contributed by atoms with van der Waals surface area (Å²) in [5, 5.41) is 2.55. The molecule has 0 saturated heterocycles. The Morgan fingerprint density at radius 1 is 1.10 bits per heavy atom. The summed E-state index contributed by atoms with van der Waals surface area (Å²) in [6.07, 6.45) is 0. The van der Waals surface area contributed by atoms with Crippen LogP contribution in [0, 0.1) is 11.6 Å². The Hall–Kier alpha value is -1.27. The van der Waals surface area contributed by atoms with Crippen molar-refractivity contribution in [2.24, 2.45) is 0 Å². The van der Waals surface area contributed by atoms with E-state index in [1.807, 2.05) is 0 Å². The van der Waals surface area contributed by atoms with Crippen LogP contribution in [-0.4, -0.2) is 5.91 Å². The Morgan fingerprint density at radius 3 is 2.60 bits per heavy atom. The molecule has 6 heteroatoms. The molecule has 0 heterocycles. The first-order valence-electron chi connectivity index (χ1n) is 5.65. The van der Waals surface area contributed by atoms with Gasteiger partial charge in [-0.25, -0.2) is 8.78 Å². The lowest BCUT2D eigenvalue weighted by Crippen LogP contribution is -2.24. The third kappa shape index (κ3) is 3.43. The molecule has 0 aliphatic heterocycles. The molecule has 2 aromatic carbocycles. The Bertz CT molecular complexity index is 662. The highest BCUT2D eigenvalue weighted by Gasteiger charge is 2.14. The molecule has 1 N–H and O–H groups in total. The van der Waals surface area contributed by atoms with E-state index in [9.17, 15) is 13.6 Å². The minimum absolute atomic E-state index is 0.0631. The summed E-state index contributed by atoms with van der Waals surface area (Å²) in [6.45, 7) is 0.100. The predicted molar refractivity (Wildman–Crippen MR) is 79.4 cm³/mol. The van der Waals surface area contributed by atoms with Crippen LogP contribution in [0.4, 0.5) is 8.78 Å². The minimum Gasteiger partial charge on any atom is -0.348 e. The zero-order valence-corrected chi connectivity index (χ0v) is 13.3. The van der Waals surface area contributed by atoms with E-state index in [2.05, 4.69) is 37.2 Å². The average Bonchev–Trinajstić information content (AvgIpc) is 2.42. The van der Waals surface area contributed by atoms with Gasteiger partial charge in [0.05, 0.1) is 10.0 Å². The maximum absolute atomic E-state index is 13.7. The van der Waals surface area contributed by atoms with Crippen molar-refractivity contribution in [1.82, 2.24) is 5.32 Å². The molecule has 104 valence electrons. The van der Waals surface area contributed by atoms with E-state index < -0.39 is 17.5 Å². The monoisotopic (exact) mass is 403 g/mol. The first kappa shape index (κ1) is 15.1. The van der Waals surface area contributed by atoms with E-state index in [4.69, 9.17) is 0 Å². The van der Waals surface area contributed by atoms with Crippen LogP contribution in [-0.2, 0) is 6.54 Å². The van der Waals surface area contributed by atoms with E-state index in [1.165, 1.54) is 24.3 Å². The van der Waals surface area contributed by atoms with Crippen molar-refractivity contribution in [3.63, 3.8) is 0 Å². The first-order valence-corrected chi connectivity index (χ1v) is 7.24. The number of benzene rings is 2. The largest absolute Gasteiger partial charge is 0.348 e. The Labute approximate surface area is 131 Å². The molecule has 0 spiro atoms. The van der Waals surface area contributed by atoms with Crippen molar-refractivity contribution in [2.45, 2.75) is 6.54 Å². The summed E-state index contributed by atoms with van der Waals surface area (Å²) < 4.78 is 27.8. The van der Waals surface area contributed by atoms with E-state index in [-0.39, 0.29) is 16.6 Å². The van der Waals surface area contributed by atoms with Crippen molar-refractivity contribution in [2.75, 3.05) is 0 Å². The van der Waals surface area contributed by atoms with E-state index >= 15 is 0 Å². The number of hydrogen-bond donors (Lipinski definition) is 1. The molecule has 2 nitrogen and oxygen atoms in total. The Morgan fingerprint density at radius 2 is 1.85 bits per heavy atom. The van der Waals surface area contributed by atoms with Gasteiger partial charge in [0, 0.05) is 11.0 Å². The number of halogens is 4. The number of hydrogen-bond acceptors (Lipinski definition) is 1. The quantitative estimate of drug-likeness (QED) is 0.805. The highest BCUT2D eigenvalue weighted by atomic mass is 79.9. The summed E-state index contributed by atoms with van der Waals surface area (Å²) in [5.41, 5.74) is 0.514. The Balaban J connectivity index is 2.13. The van der Waals surface area contributed by atoms with Crippen LogP contribution in [0.5, 0.6) is 0 Å². The number of rotatable bonds is 3. The zero-order chi connectivity index (χ0) is 14.7. The van der Waals surface area contributed by atoms with Gasteiger partial charge in [0.2, 0.25) is 0 Å². The van der Waals surface area contributed by atoms with Gasteiger partial charge in [0.1, 0.15) is 11.6 Å². The average molecular weight is 405 g/mol. The molecule has 20 heavy (non-hydrogen) atoms. The highest BCUT2D eigenvalue weighted by Crippen LogP contribution is 2.20. The predicted octanol–water partition coefficient (Wildman–Crippen LogP) is 4.42. The third-order valence-corrected chi connectivity index (χ3v) is 4.03. The van der Waals surface area contributed by atoms with Gasteiger partial charge in [0.25, 0.3) is 5.91 Å². The van der Waals surface area contributed by atoms with Crippen LogP contribution in [0.25, 0.3) is 0 Å². The molecule has 0 radical (unpaired) electrons. The third-order valence-electron chi connectivity index (χ3n) is 2.64. The second kappa shape index (κ2) is 6.45. The van der Waals surface area contributed by atoms with Gasteiger partial charge >= 0.3 is 0 Å². The van der Waals surface area contributed by atoms with Gasteiger partial charge in [-0.05, 0) is 51.8 Å².